The van der Waals surface area contributed by atoms with Gasteiger partial charge >= 0.3 is 0 Å². The van der Waals surface area contributed by atoms with Crippen LogP contribution in [0.15, 0.2) is 54.6 Å². The van der Waals surface area contributed by atoms with Crippen LogP contribution in [0.4, 0.5) is 0 Å². The summed E-state index contributed by atoms with van der Waals surface area (Å²) in [6.07, 6.45) is -1.38. The molecular weight excluding hydrogens is 282 g/mol. The van der Waals surface area contributed by atoms with Crippen molar-refractivity contribution in [3.8, 4) is 11.5 Å². The Morgan fingerprint density at radius 3 is 2.32 bits per heavy atom. The first kappa shape index (κ1) is 16.3. The number of para-hydroxylation sites is 1. The number of ether oxygens (including phenoxy) is 1. The molecule has 0 aromatic heterocycles. The quantitative estimate of drug-likeness (QED) is 0.552. The van der Waals surface area contributed by atoms with Crippen LogP contribution >= 0.6 is 0 Å². The normalized spacial score (nSPS) is 13.5. The number of phenols is 1. The van der Waals surface area contributed by atoms with Crippen LogP contribution in [0.25, 0.3) is 0 Å². The lowest BCUT2D eigenvalue weighted by atomic mass is 10.1. The lowest BCUT2D eigenvalue weighted by Gasteiger charge is -2.19. The van der Waals surface area contributed by atoms with Crippen molar-refractivity contribution in [2.75, 3.05) is 13.2 Å². The van der Waals surface area contributed by atoms with Gasteiger partial charge in [-0.3, -0.25) is 5.32 Å². The molecule has 0 aliphatic rings. The first-order valence-electron chi connectivity index (χ1n) is 7.20. The minimum Gasteiger partial charge on any atom is -0.508 e. The van der Waals surface area contributed by atoms with Crippen LogP contribution in [0.5, 0.6) is 11.5 Å². The summed E-state index contributed by atoms with van der Waals surface area (Å²) in [5, 5.41) is 31.7. The number of nitrogens with one attached hydrogen (secondary N) is 1. The zero-order chi connectivity index (χ0) is 15.8. The molecule has 118 valence electrons. The van der Waals surface area contributed by atoms with Crippen LogP contribution in [0, 0.1) is 0 Å². The second-order valence-electron chi connectivity index (χ2n) is 5.01. The molecule has 0 fully saturated rings. The molecule has 5 heteroatoms. The van der Waals surface area contributed by atoms with Gasteiger partial charge in [-0.1, -0.05) is 30.3 Å². The van der Waals surface area contributed by atoms with E-state index in [1.807, 2.05) is 30.3 Å². The highest BCUT2D eigenvalue weighted by Gasteiger charge is 2.16. The van der Waals surface area contributed by atoms with Crippen molar-refractivity contribution < 1.29 is 20.1 Å². The van der Waals surface area contributed by atoms with Crippen LogP contribution in [-0.4, -0.2) is 40.8 Å². The molecule has 0 saturated carbocycles. The van der Waals surface area contributed by atoms with Crippen molar-refractivity contribution in [1.29, 1.82) is 0 Å². The predicted molar refractivity (Wildman–Crippen MR) is 83.8 cm³/mol. The summed E-state index contributed by atoms with van der Waals surface area (Å²) < 4.78 is 5.39. The van der Waals surface area contributed by atoms with Crippen LogP contribution in [0.2, 0.25) is 0 Å². The number of aliphatic hydroxyl groups is 2. The molecule has 0 radical (unpaired) electrons. The molecule has 0 aliphatic carbocycles. The standard InChI is InChI=1S/C17H21NO4/c19-14-8-6-13(7-9-14)10-11-18-17(21)16(20)12-22-15-4-2-1-3-5-15/h1-9,16-21H,10-12H2/t16-,17?/m1/s1. The third-order valence-corrected chi connectivity index (χ3v) is 3.23. The molecular formula is C17H21NO4. The summed E-state index contributed by atoms with van der Waals surface area (Å²) >= 11 is 0. The monoisotopic (exact) mass is 303 g/mol. The van der Waals surface area contributed by atoms with Gasteiger partial charge in [0.2, 0.25) is 0 Å². The molecule has 1 unspecified atom stereocenters. The van der Waals surface area contributed by atoms with E-state index in [2.05, 4.69) is 5.32 Å². The van der Waals surface area contributed by atoms with E-state index < -0.39 is 12.3 Å². The van der Waals surface area contributed by atoms with Crippen LogP contribution in [0.3, 0.4) is 0 Å². The van der Waals surface area contributed by atoms with E-state index in [0.29, 0.717) is 18.7 Å². The molecule has 5 nitrogen and oxygen atoms in total. The molecule has 0 bridgehead atoms. The first-order valence-corrected chi connectivity index (χ1v) is 7.20. The van der Waals surface area contributed by atoms with Gasteiger partial charge in [0.05, 0.1) is 0 Å². The highest BCUT2D eigenvalue weighted by Crippen LogP contribution is 2.10. The minimum absolute atomic E-state index is 0.0113. The maximum Gasteiger partial charge on any atom is 0.134 e. The second-order valence-corrected chi connectivity index (χ2v) is 5.01. The predicted octanol–water partition coefficient (Wildman–Crippen LogP) is 1.28. The largest absolute Gasteiger partial charge is 0.508 e. The van der Waals surface area contributed by atoms with E-state index >= 15 is 0 Å². The maximum atomic E-state index is 9.84. The number of aromatic hydroxyl groups is 1. The molecule has 2 atom stereocenters. The van der Waals surface area contributed by atoms with Crippen LogP contribution < -0.4 is 10.1 Å². The average molecular weight is 303 g/mol. The van der Waals surface area contributed by atoms with Gasteiger partial charge in [0.1, 0.15) is 30.4 Å². The Kier molecular flexibility index (Phi) is 6.21. The zero-order valence-corrected chi connectivity index (χ0v) is 12.2. The maximum absolute atomic E-state index is 9.84. The lowest BCUT2D eigenvalue weighted by molar-refractivity contribution is -0.0247. The average Bonchev–Trinajstić information content (AvgIpc) is 2.55. The fourth-order valence-electron chi connectivity index (χ4n) is 1.95. The number of hydrogen-bond acceptors (Lipinski definition) is 5. The van der Waals surface area contributed by atoms with Crippen molar-refractivity contribution in [3.63, 3.8) is 0 Å². The molecule has 0 spiro atoms. The second kappa shape index (κ2) is 8.38. The van der Waals surface area contributed by atoms with Gasteiger partial charge in [-0.15, -0.1) is 0 Å². The van der Waals surface area contributed by atoms with E-state index in [9.17, 15) is 15.3 Å². The third-order valence-electron chi connectivity index (χ3n) is 3.23. The SMILES string of the molecule is Oc1ccc(CCNC(O)[C@H](O)COc2ccccc2)cc1. The Bertz CT molecular complexity index is 544. The molecule has 2 rings (SSSR count). The Hall–Kier alpha value is -2.08. The highest BCUT2D eigenvalue weighted by molar-refractivity contribution is 5.26. The van der Waals surface area contributed by atoms with Crippen molar-refractivity contribution in [2.24, 2.45) is 0 Å². The number of hydrogen-bond donors (Lipinski definition) is 4. The fourth-order valence-corrected chi connectivity index (χ4v) is 1.95. The summed E-state index contributed by atoms with van der Waals surface area (Å²) in [6.45, 7) is 0.520. The summed E-state index contributed by atoms with van der Waals surface area (Å²) in [4.78, 5) is 0. The van der Waals surface area contributed by atoms with Gasteiger partial charge in [-0.05, 0) is 36.2 Å². The van der Waals surface area contributed by atoms with E-state index in [1.165, 1.54) is 0 Å². The summed E-state index contributed by atoms with van der Waals surface area (Å²) in [7, 11) is 0. The number of benzene rings is 2. The van der Waals surface area contributed by atoms with Gasteiger partial charge in [0.25, 0.3) is 0 Å². The van der Waals surface area contributed by atoms with Gasteiger partial charge in [0, 0.05) is 6.54 Å². The molecule has 0 saturated heterocycles. The molecule has 22 heavy (non-hydrogen) atoms. The van der Waals surface area contributed by atoms with Crippen LogP contribution in [0.1, 0.15) is 5.56 Å². The van der Waals surface area contributed by atoms with Crippen LogP contribution in [-0.2, 0) is 6.42 Å². The van der Waals surface area contributed by atoms with Crippen molar-refractivity contribution in [3.05, 3.63) is 60.2 Å². The topological polar surface area (TPSA) is 82.0 Å². The Morgan fingerprint density at radius 2 is 1.64 bits per heavy atom. The molecule has 0 aliphatic heterocycles. The van der Waals surface area contributed by atoms with Gasteiger partial charge in [-0.25, -0.2) is 0 Å². The van der Waals surface area contributed by atoms with Crippen molar-refractivity contribution >= 4 is 0 Å². The summed E-state index contributed by atoms with van der Waals surface area (Å²) in [5.41, 5.74) is 1.03. The van der Waals surface area contributed by atoms with E-state index in [-0.39, 0.29) is 12.4 Å². The van der Waals surface area contributed by atoms with Crippen molar-refractivity contribution in [1.82, 2.24) is 5.32 Å². The Morgan fingerprint density at radius 1 is 0.955 bits per heavy atom. The smallest absolute Gasteiger partial charge is 0.134 e. The number of aliphatic hydroxyl groups excluding tert-OH is 2. The number of rotatable bonds is 8. The molecule has 0 amide bonds. The fraction of sp³-hybridized carbons (Fsp3) is 0.294. The van der Waals surface area contributed by atoms with Crippen molar-refractivity contribution in [2.45, 2.75) is 18.8 Å². The molecule has 4 N–H and O–H groups in total. The van der Waals surface area contributed by atoms with E-state index in [1.54, 1.807) is 24.3 Å². The summed E-state index contributed by atoms with van der Waals surface area (Å²) in [6, 6.07) is 16.0. The molecule has 2 aromatic rings. The lowest BCUT2D eigenvalue weighted by Crippen LogP contribution is -2.43. The zero-order valence-electron chi connectivity index (χ0n) is 12.2. The molecule has 2 aromatic carbocycles. The Balaban J connectivity index is 1.67. The van der Waals surface area contributed by atoms with Gasteiger partial charge < -0.3 is 20.1 Å². The first-order chi connectivity index (χ1) is 10.6. The minimum atomic E-state index is -1.05. The highest BCUT2D eigenvalue weighted by atomic mass is 16.5. The Labute approximate surface area is 129 Å². The van der Waals surface area contributed by atoms with Gasteiger partial charge in [-0.2, -0.15) is 0 Å². The van der Waals surface area contributed by atoms with E-state index in [0.717, 1.165) is 5.56 Å². The number of phenolic OH excluding ortho intramolecular Hbond substituents is 1. The summed E-state index contributed by atoms with van der Waals surface area (Å²) in [5.74, 6) is 0.878. The van der Waals surface area contributed by atoms with E-state index in [4.69, 9.17) is 4.74 Å². The third kappa shape index (κ3) is 5.37. The van der Waals surface area contributed by atoms with Gasteiger partial charge in [0.15, 0.2) is 0 Å². The molecule has 0 heterocycles.